The molecule has 1 N–H and O–H groups in total. The van der Waals surface area contributed by atoms with E-state index >= 15 is 0 Å². The predicted molar refractivity (Wildman–Crippen MR) is 105 cm³/mol. The molecular formula is C16H23IN4O4. The van der Waals surface area contributed by atoms with Crippen molar-refractivity contribution in [2.75, 3.05) is 27.2 Å². The number of likely N-dealkylation sites (tertiary alicyclic amines) is 1. The van der Waals surface area contributed by atoms with Crippen LogP contribution in [0.2, 0.25) is 0 Å². The Bertz CT molecular complexity index is 630. The minimum Gasteiger partial charge on any atom is -0.469 e. The minimum absolute atomic E-state index is 0. The number of nitrogens with zero attached hydrogens (tertiary/aromatic N) is 3. The Morgan fingerprint density at radius 2 is 2.12 bits per heavy atom. The Balaban J connectivity index is 0.00000312. The van der Waals surface area contributed by atoms with Gasteiger partial charge in [-0.05, 0) is 18.4 Å². The highest BCUT2D eigenvalue weighted by atomic mass is 127. The van der Waals surface area contributed by atoms with Crippen LogP contribution in [0.15, 0.2) is 29.3 Å². The molecule has 1 saturated heterocycles. The summed E-state index contributed by atoms with van der Waals surface area (Å²) in [6.45, 7) is 1.88. The van der Waals surface area contributed by atoms with Crippen LogP contribution >= 0.6 is 24.0 Å². The fourth-order valence-corrected chi connectivity index (χ4v) is 2.79. The number of ether oxygens (including phenoxy) is 1. The molecule has 0 aromatic heterocycles. The van der Waals surface area contributed by atoms with Gasteiger partial charge in [-0.25, -0.2) is 0 Å². The van der Waals surface area contributed by atoms with Crippen molar-refractivity contribution in [3.8, 4) is 0 Å². The van der Waals surface area contributed by atoms with E-state index < -0.39 is 4.92 Å². The fraction of sp³-hybridized carbons (Fsp3) is 0.500. The van der Waals surface area contributed by atoms with E-state index in [1.54, 1.807) is 19.2 Å². The third-order valence-electron chi connectivity index (χ3n) is 4.11. The Kier molecular flexibility index (Phi) is 8.59. The van der Waals surface area contributed by atoms with Crippen LogP contribution in [0.25, 0.3) is 0 Å². The van der Waals surface area contributed by atoms with E-state index in [1.165, 1.54) is 13.2 Å². The average molecular weight is 462 g/mol. The number of nitro benzene ring substituents is 1. The molecule has 0 radical (unpaired) electrons. The summed E-state index contributed by atoms with van der Waals surface area (Å²) in [4.78, 5) is 28.3. The van der Waals surface area contributed by atoms with Crippen molar-refractivity contribution in [3.63, 3.8) is 0 Å². The van der Waals surface area contributed by atoms with Crippen LogP contribution in [-0.2, 0) is 16.1 Å². The zero-order valence-corrected chi connectivity index (χ0v) is 16.6. The Morgan fingerprint density at radius 1 is 1.44 bits per heavy atom. The second-order valence-corrected chi connectivity index (χ2v) is 5.61. The lowest BCUT2D eigenvalue weighted by Crippen LogP contribution is -2.46. The molecule has 25 heavy (non-hydrogen) atoms. The number of methoxy groups -OCH3 is 1. The minimum atomic E-state index is -0.407. The van der Waals surface area contributed by atoms with Gasteiger partial charge in [0.2, 0.25) is 0 Å². The molecule has 0 atom stereocenters. The number of carbonyl (C=O) groups is 1. The van der Waals surface area contributed by atoms with E-state index in [2.05, 4.69) is 15.2 Å². The topological polar surface area (TPSA) is 97.1 Å². The maximum absolute atomic E-state index is 11.6. The summed E-state index contributed by atoms with van der Waals surface area (Å²) in [6, 6.07) is 6.51. The lowest BCUT2D eigenvalue weighted by atomic mass is 9.97. The molecule has 1 heterocycles. The molecule has 138 valence electrons. The third-order valence-corrected chi connectivity index (χ3v) is 4.11. The predicted octanol–water partition coefficient (Wildman–Crippen LogP) is 2.17. The number of esters is 1. The van der Waals surface area contributed by atoms with Crippen LogP contribution < -0.4 is 5.32 Å². The molecule has 0 aliphatic carbocycles. The quantitative estimate of drug-likeness (QED) is 0.184. The highest BCUT2D eigenvalue weighted by Crippen LogP contribution is 2.18. The van der Waals surface area contributed by atoms with Gasteiger partial charge >= 0.3 is 5.97 Å². The Morgan fingerprint density at radius 3 is 2.68 bits per heavy atom. The molecule has 0 bridgehead atoms. The lowest BCUT2D eigenvalue weighted by Gasteiger charge is -2.33. The number of hydrogen-bond donors (Lipinski definition) is 1. The molecule has 1 aliphatic rings. The van der Waals surface area contributed by atoms with Gasteiger partial charge in [0, 0.05) is 38.8 Å². The molecule has 1 aliphatic heterocycles. The zero-order valence-electron chi connectivity index (χ0n) is 14.3. The number of nitro groups is 1. The summed E-state index contributed by atoms with van der Waals surface area (Å²) in [5, 5.41) is 14.0. The van der Waals surface area contributed by atoms with Crippen LogP contribution in [0.5, 0.6) is 0 Å². The van der Waals surface area contributed by atoms with Crippen molar-refractivity contribution < 1.29 is 14.5 Å². The number of hydrogen-bond acceptors (Lipinski definition) is 5. The Labute approximate surface area is 163 Å². The molecule has 0 saturated carbocycles. The highest BCUT2D eigenvalue weighted by Gasteiger charge is 2.26. The maximum atomic E-state index is 11.6. The van der Waals surface area contributed by atoms with Gasteiger partial charge in [-0.2, -0.15) is 0 Å². The summed E-state index contributed by atoms with van der Waals surface area (Å²) in [6.07, 6.45) is 1.45. The van der Waals surface area contributed by atoms with E-state index in [0.29, 0.717) is 19.6 Å². The van der Waals surface area contributed by atoms with Crippen LogP contribution in [0.4, 0.5) is 5.69 Å². The fourth-order valence-electron chi connectivity index (χ4n) is 2.79. The summed E-state index contributed by atoms with van der Waals surface area (Å²) >= 11 is 0. The summed E-state index contributed by atoms with van der Waals surface area (Å²) in [7, 11) is 3.11. The number of non-ortho nitro benzene ring substituents is 1. The average Bonchev–Trinajstić information content (AvgIpc) is 2.62. The van der Waals surface area contributed by atoms with Crippen LogP contribution in [0.3, 0.4) is 0 Å². The van der Waals surface area contributed by atoms with Crippen LogP contribution in [-0.4, -0.2) is 49.0 Å². The van der Waals surface area contributed by atoms with Gasteiger partial charge in [0.25, 0.3) is 5.69 Å². The molecule has 2 rings (SSSR count). The molecule has 1 aromatic rings. The van der Waals surface area contributed by atoms with Gasteiger partial charge < -0.3 is 15.0 Å². The summed E-state index contributed by atoms with van der Waals surface area (Å²) in [5.41, 5.74) is 0.887. The van der Waals surface area contributed by atoms with Gasteiger partial charge in [0.1, 0.15) is 0 Å². The number of carbonyl (C=O) groups excluding carboxylic acids is 1. The van der Waals surface area contributed by atoms with Crippen molar-refractivity contribution in [3.05, 3.63) is 39.9 Å². The molecule has 8 nitrogen and oxygen atoms in total. The third kappa shape index (κ3) is 5.83. The van der Waals surface area contributed by atoms with Gasteiger partial charge in [-0.15, -0.1) is 24.0 Å². The first-order valence-electron chi connectivity index (χ1n) is 7.82. The largest absolute Gasteiger partial charge is 0.469 e. The van der Waals surface area contributed by atoms with Gasteiger partial charge in [-0.3, -0.25) is 19.9 Å². The van der Waals surface area contributed by atoms with Crippen molar-refractivity contribution in [1.29, 1.82) is 0 Å². The van der Waals surface area contributed by atoms with Crippen LogP contribution in [0, 0.1) is 16.0 Å². The lowest BCUT2D eigenvalue weighted by molar-refractivity contribution is -0.384. The van der Waals surface area contributed by atoms with E-state index in [4.69, 9.17) is 4.74 Å². The van der Waals surface area contributed by atoms with Gasteiger partial charge in [-0.1, -0.05) is 12.1 Å². The van der Waals surface area contributed by atoms with Gasteiger partial charge in [0.05, 0.1) is 18.0 Å². The van der Waals surface area contributed by atoms with E-state index in [-0.39, 0.29) is 41.6 Å². The molecule has 0 amide bonds. The number of halogens is 1. The normalized spacial score (nSPS) is 15.3. The summed E-state index contributed by atoms with van der Waals surface area (Å²) < 4.78 is 4.79. The first-order chi connectivity index (χ1) is 11.5. The second-order valence-electron chi connectivity index (χ2n) is 5.61. The van der Waals surface area contributed by atoms with Crippen molar-refractivity contribution in [2.24, 2.45) is 10.9 Å². The first-order valence-corrected chi connectivity index (χ1v) is 7.82. The number of benzene rings is 1. The van der Waals surface area contributed by atoms with Gasteiger partial charge in [0.15, 0.2) is 5.96 Å². The zero-order chi connectivity index (χ0) is 17.5. The van der Waals surface area contributed by atoms with Crippen molar-refractivity contribution in [1.82, 2.24) is 10.2 Å². The van der Waals surface area contributed by atoms with E-state index in [0.717, 1.165) is 24.4 Å². The molecule has 9 heteroatoms. The van der Waals surface area contributed by atoms with Crippen molar-refractivity contribution >= 4 is 41.6 Å². The molecule has 0 unspecified atom stereocenters. The monoisotopic (exact) mass is 462 g/mol. The molecule has 1 fully saturated rings. The molecular weight excluding hydrogens is 439 g/mol. The standard InChI is InChI=1S/C16H22N4O4.HI/c1-17-16(19-8-6-13(7-9-19)15(21)24-2)18-11-12-4-3-5-14(10-12)20(22)23;/h3-5,10,13H,6-9,11H2,1-2H3,(H,17,18);1H. The van der Waals surface area contributed by atoms with E-state index in [1.807, 2.05) is 6.07 Å². The molecule has 0 spiro atoms. The highest BCUT2D eigenvalue weighted by molar-refractivity contribution is 14.0. The number of piperidine rings is 1. The van der Waals surface area contributed by atoms with Crippen molar-refractivity contribution in [2.45, 2.75) is 19.4 Å². The number of rotatable bonds is 4. The number of guanidine groups is 1. The molecule has 1 aromatic carbocycles. The SMILES string of the molecule is CN=C(NCc1cccc([N+](=O)[O-])c1)N1CCC(C(=O)OC)CC1.I. The number of nitrogens with one attached hydrogen (secondary N) is 1. The maximum Gasteiger partial charge on any atom is 0.308 e. The Hall–Kier alpha value is -1.91. The smallest absolute Gasteiger partial charge is 0.308 e. The number of aliphatic imine (C=N–C) groups is 1. The first kappa shape index (κ1) is 21.1. The second kappa shape index (κ2) is 10.2. The van der Waals surface area contributed by atoms with E-state index in [9.17, 15) is 14.9 Å². The summed E-state index contributed by atoms with van der Waals surface area (Å²) in [5.74, 6) is 0.514. The van der Waals surface area contributed by atoms with Crippen LogP contribution in [0.1, 0.15) is 18.4 Å².